The maximum absolute atomic E-state index is 12.9. The van der Waals surface area contributed by atoms with Crippen molar-refractivity contribution in [3.05, 3.63) is 34.6 Å². The molecule has 0 radical (unpaired) electrons. The molecular weight excluding hydrogens is 362 g/mol. The second-order valence-electron chi connectivity index (χ2n) is 8.05. The Bertz CT molecular complexity index is 901. The summed E-state index contributed by atoms with van der Waals surface area (Å²) in [5, 5.41) is 1.19. The molecule has 1 heterocycles. The lowest BCUT2D eigenvalue weighted by Crippen LogP contribution is -2.31. The van der Waals surface area contributed by atoms with Crippen LogP contribution in [0.15, 0.2) is 16.6 Å². The summed E-state index contributed by atoms with van der Waals surface area (Å²) in [5.41, 5.74) is 5.28. The first-order valence-electron chi connectivity index (χ1n) is 11.2. The van der Waals surface area contributed by atoms with Gasteiger partial charge >= 0.3 is 0 Å². The van der Waals surface area contributed by atoms with Gasteiger partial charge in [-0.15, -0.1) is 0 Å². The Morgan fingerprint density at radius 1 is 1.17 bits per heavy atom. The van der Waals surface area contributed by atoms with Crippen molar-refractivity contribution in [2.24, 2.45) is 0 Å². The quantitative estimate of drug-likeness (QED) is 0.508. The first-order chi connectivity index (χ1) is 14.0. The van der Waals surface area contributed by atoms with Crippen LogP contribution >= 0.6 is 0 Å². The molecule has 0 atom stereocenters. The molecule has 158 valence electrons. The second-order valence-corrected chi connectivity index (χ2v) is 8.05. The van der Waals surface area contributed by atoms with E-state index in [4.69, 9.17) is 9.15 Å². The smallest absolute Gasteiger partial charge is 0.246 e. The van der Waals surface area contributed by atoms with Crippen LogP contribution in [0.4, 0.5) is 0 Å². The number of benzene rings is 1. The number of ether oxygens (including phenoxy) is 1. The van der Waals surface area contributed by atoms with Crippen molar-refractivity contribution in [1.29, 1.82) is 0 Å². The van der Waals surface area contributed by atoms with Gasteiger partial charge in [0.1, 0.15) is 17.1 Å². The van der Waals surface area contributed by atoms with Gasteiger partial charge in [0, 0.05) is 47.7 Å². The lowest BCUT2D eigenvalue weighted by Gasteiger charge is -2.20. The largest absolute Gasteiger partial charge is 0.493 e. The molecule has 0 spiro atoms. The zero-order valence-electron chi connectivity index (χ0n) is 18.7. The molecule has 0 saturated carbocycles. The summed E-state index contributed by atoms with van der Waals surface area (Å²) in [4.78, 5) is 14.8. The lowest BCUT2D eigenvalue weighted by atomic mass is 9.93. The number of rotatable bonds is 8. The maximum atomic E-state index is 12.9. The molecule has 3 rings (SSSR count). The van der Waals surface area contributed by atoms with Crippen LogP contribution in [0.25, 0.3) is 16.5 Å². The van der Waals surface area contributed by atoms with E-state index in [1.807, 2.05) is 18.7 Å². The van der Waals surface area contributed by atoms with Crippen molar-refractivity contribution in [2.45, 2.75) is 73.1 Å². The van der Waals surface area contributed by atoms with E-state index in [-0.39, 0.29) is 5.91 Å². The van der Waals surface area contributed by atoms with Gasteiger partial charge in [-0.25, -0.2) is 0 Å². The average molecular weight is 398 g/mol. The molecule has 2 aromatic rings. The molecular formula is C25H35NO3. The molecule has 0 aliphatic heterocycles. The molecule has 0 bridgehead atoms. The van der Waals surface area contributed by atoms with Crippen LogP contribution in [0, 0.1) is 6.92 Å². The van der Waals surface area contributed by atoms with Gasteiger partial charge in [0.25, 0.3) is 0 Å². The van der Waals surface area contributed by atoms with Gasteiger partial charge in [-0.2, -0.15) is 0 Å². The Balaban J connectivity index is 2.08. The number of nitrogens with zero attached hydrogens (tertiary/aromatic N) is 1. The van der Waals surface area contributed by atoms with Crippen LogP contribution in [-0.2, 0) is 17.6 Å². The molecule has 1 aliphatic rings. The molecule has 0 fully saturated rings. The van der Waals surface area contributed by atoms with Crippen molar-refractivity contribution in [3.63, 3.8) is 0 Å². The van der Waals surface area contributed by atoms with Crippen molar-refractivity contribution in [2.75, 3.05) is 19.7 Å². The van der Waals surface area contributed by atoms with Crippen LogP contribution in [0.1, 0.15) is 75.8 Å². The standard InChI is InChI=1S/C25H35NO3/c1-6-13-26(14-7-2)23(27)15-17(4)20-16-21-19-11-9-10-12-22(19)29-25(21)18(5)24(20)28-8-3/h15-16H,6-14H2,1-5H3/b17-15+. The number of hydrogen-bond donors (Lipinski definition) is 0. The van der Waals surface area contributed by atoms with Gasteiger partial charge in [0.05, 0.1) is 6.61 Å². The SMILES string of the molecule is CCCN(CCC)C(=O)/C=C(\C)c1cc2c3c(oc2c(C)c1OCC)CCCC3. The minimum Gasteiger partial charge on any atom is -0.493 e. The molecule has 0 unspecified atom stereocenters. The zero-order valence-corrected chi connectivity index (χ0v) is 18.7. The van der Waals surface area contributed by atoms with E-state index in [1.165, 1.54) is 23.8 Å². The van der Waals surface area contributed by atoms with E-state index >= 15 is 0 Å². The van der Waals surface area contributed by atoms with E-state index < -0.39 is 0 Å². The third-order valence-electron chi connectivity index (χ3n) is 5.78. The number of aryl methyl sites for hydroxylation is 3. The molecule has 1 aliphatic carbocycles. The number of hydrogen-bond acceptors (Lipinski definition) is 3. The number of carbonyl (C=O) groups excluding carboxylic acids is 1. The summed E-state index contributed by atoms with van der Waals surface area (Å²) >= 11 is 0. The fraction of sp³-hybridized carbons (Fsp3) is 0.560. The van der Waals surface area contributed by atoms with E-state index in [2.05, 4.69) is 26.8 Å². The number of furan rings is 1. The Labute approximate surface area is 174 Å². The van der Waals surface area contributed by atoms with Crippen LogP contribution in [0.3, 0.4) is 0 Å². The highest BCUT2D eigenvalue weighted by molar-refractivity contribution is 5.98. The van der Waals surface area contributed by atoms with E-state index in [0.717, 1.165) is 72.6 Å². The van der Waals surface area contributed by atoms with Gasteiger partial charge < -0.3 is 14.1 Å². The Morgan fingerprint density at radius 2 is 1.86 bits per heavy atom. The van der Waals surface area contributed by atoms with Gasteiger partial charge in [-0.1, -0.05) is 13.8 Å². The predicted octanol–water partition coefficient (Wildman–Crippen LogP) is 6.07. The summed E-state index contributed by atoms with van der Waals surface area (Å²) in [6.45, 7) is 12.5. The molecule has 1 aromatic heterocycles. The number of allylic oxidation sites excluding steroid dienone is 1. The number of fused-ring (bicyclic) bond motifs is 3. The highest BCUT2D eigenvalue weighted by Crippen LogP contribution is 2.41. The highest BCUT2D eigenvalue weighted by atomic mass is 16.5. The fourth-order valence-corrected chi connectivity index (χ4v) is 4.39. The molecule has 0 N–H and O–H groups in total. The maximum Gasteiger partial charge on any atom is 0.246 e. The highest BCUT2D eigenvalue weighted by Gasteiger charge is 2.23. The van der Waals surface area contributed by atoms with Crippen LogP contribution < -0.4 is 4.74 Å². The minimum absolute atomic E-state index is 0.0839. The number of carbonyl (C=O) groups is 1. The number of amides is 1. The summed E-state index contributed by atoms with van der Waals surface area (Å²) < 4.78 is 12.3. The monoisotopic (exact) mass is 397 g/mol. The van der Waals surface area contributed by atoms with Gasteiger partial charge in [0.2, 0.25) is 5.91 Å². The van der Waals surface area contributed by atoms with Crippen LogP contribution in [-0.4, -0.2) is 30.5 Å². The Hall–Kier alpha value is -2.23. The molecule has 4 heteroatoms. The topological polar surface area (TPSA) is 42.7 Å². The summed E-state index contributed by atoms with van der Waals surface area (Å²) in [6.07, 6.45) is 8.19. The van der Waals surface area contributed by atoms with Gasteiger partial charge in [0.15, 0.2) is 0 Å². The van der Waals surface area contributed by atoms with Crippen molar-refractivity contribution >= 4 is 22.4 Å². The third-order valence-corrected chi connectivity index (χ3v) is 5.78. The minimum atomic E-state index is 0.0839. The second kappa shape index (κ2) is 9.51. The van der Waals surface area contributed by atoms with Crippen LogP contribution in [0.5, 0.6) is 5.75 Å². The van der Waals surface area contributed by atoms with E-state index in [0.29, 0.717) is 6.61 Å². The van der Waals surface area contributed by atoms with Gasteiger partial charge in [-0.05, 0) is 64.5 Å². The molecule has 1 aromatic carbocycles. The van der Waals surface area contributed by atoms with Crippen molar-refractivity contribution in [1.82, 2.24) is 4.90 Å². The third kappa shape index (κ3) is 4.36. The average Bonchev–Trinajstić information content (AvgIpc) is 3.08. The summed E-state index contributed by atoms with van der Waals surface area (Å²) in [6, 6.07) is 2.18. The van der Waals surface area contributed by atoms with Crippen LogP contribution in [0.2, 0.25) is 0 Å². The molecule has 4 nitrogen and oxygen atoms in total. The fourth-order valence-electron chi connectivity index (χ4n) is 4.39. The molecule has 29 heavy (non-hydrogen) atoms. The lowest BCUT2D eigenvalue weighted by molar-refractivity contribution is -0.126. The predicted molar refractivity (Wildman–Crippen MR) is 120 cm³/mol. The van der Waals surface area contributed by atoms with Crippen molar-refractivity contribution in [3.8, 4) is 5.75 Å². The van der Waals surface area contributed by atoms with E-state index in [1.54, 1.807) is 6.08 Å². The van der Waals surface area contributed by atoms with E-state index in [9.17, 15) is 4.79 Å². The summed E-state index contributed by atoms with van der Waals surface area (Å²) in [7, 11) is 0. The van der Waals surface area contributed by atoms with Crippen molar-refractivity contribution < 1.29 is 13.9 Å². The first-order valence-corrected chi connectivity index (χ1v) is 11.2. The zero-order chi connectivity index (χ0) is 21.0. The first kappa shape index (κ1) is 21.5. The Morgan fingerprint density at radius 3 is 2.52 bits per heavy atom. The van der Waals surface area contributed by atoms with Gasteiger partial charge in [-0.3, -0.25) is 4.79 Å². The summed E-state index contributed by atoms with van der Waals surface area (Å²) in [5.74, 6) is 2.05. The molecule has 1 amide bonds. The normalized spacial score (nSPS) is 14.2. The Kier molecular flexibility index (Phi) is 7.05. The molecule has 0 saturated heterocycles.